The van der Waals surface area contributed by atoms with Crippen LogP contribution in [-0.4, -0.2) is 44.2 Å². The Bertz CT molecular complexity index is 631. The van der Waals surface area contributed by atoms with E-state index in [1.54, 1.807) is 0 Å². The zero-order valence-corrected chi connectivity index (χ0v) is 18.4. The van der Waals surface area contributed by atoms with Gasteiger partial charge in [-0.2, -0.15) is 0 Å². The van der Waals surface area contributed by atoms with E-state index in [4.69, 9.17) is 9.47 Å². The summed E-state index contributed by atoms with van der Waals surface area (Å²) in [5.41, 5.74) is 1.94. The van der Waals surface area contributed by atoms with Gasteiger partial charge in [0.2, 0.25) is 0 Å². The molecule has 162 valence electrons. The average Bonchev–Trinajstić information content (AvgIpc) is 2.72. The third-order valence-corrected chi connectivity index (χ3v) is 5.55. The van der Waals surface area contributed by atoms with Gasteiger partial charge in [-0.05, 0) is 63.1 Å². The minimum atomic E-state index is -0.0789. The molecule has 0 aliphatic heterocycles. The third kappa shape index (κ3) is 7.90. The van der Waals surface area contributed by atoms with Crippen molar-refractivity contribution < 1.29 is 19.1 Å². The first-order chi connectivity index (χ1) is 13.9. The highest BCUT2D eigenvalue weighted by Crippen LogP contribution is 2.37. The summed E-state index contributed by atoms with van der Waals surface area (Å²) >= 11 is 0. The van der Waals surface area contributed by atoms with Crippen LogP contribution in [0, 0.1) is 11.8 Å². The van der Waals surface area contributed by atoms with Gasteiger partial charge in [0, 0.05) is 23.9 Å². The molecule has 5 heteroatoms. The largest absolute Gasteiger partial charge is 0.377 e. The fourth-order valence-corrected chi connectivity index (χ4v) is 3.87. The van der Waals surface area contributed by atoms with Crippen LogP contribution in [0.4, 0.5) is 0 Å². The first-order valence-corrected chi connectivity index (χ1v) is 11.0. The lowest BCUT2D eigenvalue weighted by molar-refractivity contribution is -0.126. The number of ketones is 1. The molecule has 1 aromatic rings. The summed E-state index contributed by atoms with van der Waals surface area (Å²) in [7, 11) is 0. The van der Waals surface area contributed by atoms with Gasteiger partial charge in [-0.25, -0.2) is 0 Å². The highest BCUT2D eigenvalue weighted by Gasteiger charge is 2.28. The van der Waals surface area contributed by atoms with E-state index in [0.717, 1.165) is 25.7 Å². The van der Waals surface area contributed by atoms with Gasteiger partial charge in [-0.1, -0.05) is 26.0 Å². The number of ether oxygens (including phenoxy) is 2. The first-order valence-electron chi connectivity index (χ1n) is 11.0. The maximum atomic E-state index is 12.3. The molecular formula is C24H37NO4. The molecule has 1 aliphatic carbocycles. The lowest BCUT2D eigenvalue weighted by Gasteiger charge is -2.29. The smallest absolute Gasteiger partial charge is 0.251 e. The maximum Gasteiger partial charge on any atom is 0.251 e. The van der Waals surface area contributed by atoms with Crippen molar-refractivity contribution >= 4 is 11.7 Å². The Labute approximate surface area is 175 Å². The van der Waals surface area contributed by atoms with Crippen molar-refractivity contribution in [2.75, 3.05) is 26.4 Å². The van der Waals surface area contributed by atoms with Crippen LogP contribution in [0.1, 0.15) is 75.2 Å². The predicted molar refractivity (Wildman–Crippen MR) is 115 cm³/mol. The van der Waals surface area contributed by atoms with Crippen LogP contribution in [-0.2, 0) is 14.3 Å². The number of amides is 1. The second-order valence-corrected chi connectivity index (χ2v) is 8.52. The number of nitrogens with one attached hydrogen (secondary N) is 1. The Hall–Kier alpha value is -1.72. The van der Waals surface area contributed by atoms with E-state index in [-0.39, 0.29) is 23.8 Å². The van der Waals surface area contributed by atoms with Crippen molar-refractivity contribution in [1.29, 1.82) is 0 Å². The molecule has 1 saturated carbocycles. The standard InChI is InChI=1S/C24H37NO4/c1-17(2)23(26)21-9-5-19(6-10-21)20-7-11-22(12-8-20)24(27)25-13-14-28-15-16-29-18(3)4/h7-8,11-12,17-19,21H,5-6,9-10,13-16H2,1-4H3,(H,25,27). The van der Waals surface area contributed by atoms with Crippen molar-refractivity contribution in [3.05, 3.63) is 35.4 Å². The van der Waals surface area contributed by atoms with Crippen LogP contribution in [0.15, 0.2) is 24.3 Å². The minimum Gasteiger partial charge on any atom is -0.377 e. The van der Waals surface area contributed by atoms with Crippen LogP contribution in [0.2, 0.25) is 0 Å². The minimum absolute atomic E-state index is 0.0789. The molecule has 5 nitrogen and oxygen atoms in total. The molecule has 0 radical (unpaired) electrons. The van der Waals surface area contributed by atoms with Crippen molar-refractivity contribution in [3.63, 3.8) is 0 Å². The highest BCUT2D eigenvalue weighted by molar-refractivity contribution is 5.94. The molecule has 0 spiro atoms. The van der Waals surface area contributed by atoms with Gasteiger partial charge in [0.15, 0.2) is 0 Å². The van der Waals surface area contributed by atoms with E-state index in [1.807, 2.05) is 39.8 Å². The van der Waals surface area contributed by atoms with E-state index in [0.29, 0.717) is 43.6 Å². The molecule has 29 heavy (non-hydrogen) atoms. The second kappa shape index (κ2) is 12.1. The number of benzene rings is 1. The number of carbonyl (C=O) groups is 2. The fraction of sp³-hybridized carbons (Fsp3) is 0.667. The van der Waals surface area contributed by atoms with E-state index < -0.39 is 0 Å². The van der Waals surface area contributed by atoms with Gasteiger partial charge in [0.25, 0.3) is 5.91 Å². The average molecular weight is 404 g/mol. The fourth-order valence-electron chi connectivity index (χ4n) is 3.87. The summed E-state index contributed by atoms with van der Waals surface area (Å²) in [6, 6.07) is 7.91. The molecule has 0 atom stereocenters. The van der Waals surface area contributed by atoms with Crippen LogP contribution in [0.25, 0.3) is 0 Å². The number of hydrogen-bond donors (Lipinski definition) is 1. The maximum absolute atomic E-state index is 12.3. The number of carbonyl (C=O) groups excluding carboxylic acids is 2. The van der Waals surface area contributed by atoms with Crippen LogP contribution < -0.4 is 5.32 Å². The SMILES string of the molecule is CC(C)OCCOCCNC(=O)c1ccc(C2CCC(C(=O)C(C)C)CC2)cc1. The zero-order valence-electron chi connectivity index (χ0n) is 18.4. The molecular weight excluding hydrogens is 366 g/mol. The third-order valence-electron chi connectivity index (χ3n) is 5.55. The molecule has 0 unspecified atom stereocenters. The van der Waals surface area contributed by atoms with Crippen molar-refractivity contribution in [2.45, 2.75) is 65.4 Å². The van der Waals surface area contributed by atoms with E-state index in [2.05, 4.69) is 17.4 Å². The molecule has 0 heterocycles. The van der Waals surface area contributed by atoms with Gasteiger partial charge in [0.05, 0.1) is 25.9 Å². The highest BCUT2D eigenvalue weighted by atomic mass is 16.5. The Morgan fingerprint density at radius 3 is 2.21 bits per heavy atom. The van der Waals surface area contributed by atoms with Crippen LogP contribution in [0.5, 0.6) is 0 Å². The zero-order chi connectivity index (χ0) is 21.2. The predicted octanol–water partition coefficient (Wildman–Crippen LogP) is 4.36. The molecule has 1 N–H and O–H groups in total. The summed E-state index contributed by atoms with van der Waals surface area (Å²) in [5.74, 6) is 1.19. The van der Waals surface area contributed by atoms with Crippen molar-refractivity contribution in [2.24, 2.45) is 11.8 Å². The number of hydrogen-bond acceptors (Lipinski definition) is 4. The van der Waals surface area contributed by atoms with Gasteiger partial charge >= 0.3 is 0 Å². The normalized spacial score (nSPS) is 19.5. The Morgan fingerprint density at radius 1 is 0.966 bits per heavy atom. The Balaban J connectivity index is 1.70. The first kappa shape index (κ1) is 23.6. The van der Waals surface area contributed by atoms with Crippen molar-refractivity contribution in [3.8, 4) is 0 Å². The molecule has 2 rings (SSSR count). The summed E-state index contributed by atoms with van der Waals surface area (Å²) in [5, 5.41) is 2.88. The van der Waals surface area contributed by atoms with E-state index >= 15 is 0 Å². The number of Topliss-reactive ketones (excluding diaryl/α,β-unsaturated/α-hetero) is 1. The Morgan fingerprint density at radius 2 is 1.62 bits per heavy atom. The lowest BCUT2D eigenvalue weighted by Crippen LogP contribution is -2.27. The lowest BCUT2D eigenvalue weighted by atomic mass is 9.75. The molecule has 1 amide bonds. The van der Waals surface area contributed by atoms with E-state index in [9.17, 15) is 9.59 Å². The molecule has 0 bridgehead atoms. The van der Waals surface area contributed by atoms with Gasteiger partial charge < -0.3 is 14.8 Å². The summed E-state index contributed by atoms with van der Waals surface area (Å²) < 4.78 is 10.8. The quantitative estimate of drug-likeness (QED) is 0.558. The molecule has 1 aliphatic rings. The molecule has 1 fully saturated rings. The number of rotatable bonds is 11. The summed E-state index contributed by atoms with van der Waals surface area (Å²) in [4.78, 5) is 24.5. The topological polar surface area (TPSA) is 64.6 Å². The summed E-state index contributed by atoms with van der Waals surface area (Å²) in [6.07, 6.45) is 4.26. The monoisotopic (exact) mass is 403 g/mol. The van der Waals surface area contributed by atoms with Crippen LogP contribution in [0.3, 0.4) is 0 Å². The molecule has 0 saturated heterocycles. The summed E-state index contributed by atoms with van der Waals surface area (Å²) in [6.45, 7) is 10.0. The van der Waals surface area contributed by atoms with E-state index in [1.165, 1.54) is 5.56 Å². The van der Waals surface area contributed by atoms with Gasteiger partial charge in [0.1, 0.15) is 5.78 Å². The van der Waals surface area contributed by atoms with Crippen LogP contribution >= 0.6 is 0 Å². The molecule has 1 aromatic carbocycles. The molecule has 0 aromatic heterocycles. The van der Waals surface area contributed by atoms with Gasteiger partial charge in [-0.3, -0.25) is 9.59 Å². The Kier molecular flexibility index (Phi) is 9.82. The van der Waals surface area contributed by atoms with Gasteiger partial charge in [-0.15, -0.1) is 0 Å². The second-order valence-electron chi connectivity index (χ2n) is 8.52. The van der Waals surface area contributed by atoms with Crippen molar-refractivity contribution in [1.82, 2.24) is 5.32 Å².